The third-order valence-corrected chi connectivity index (χ3v) is 3.02. The summed E-state index contributed by atoms with van der Waals surface area (Å²) in [4.78, 5) is 15.8. The van der Waals surface area contributed by atoms with Crippen molar-refractivity contribution in [3.63, 3.8) is 0 Å². The number of carbonyl (C=O) groups is 1. The van der Waals surface area contributed by atoms with Crippen molar-refractivity contribution in [1.29, 1.82) is 0 Å². The van der Waals surface area contributed by atoms with Gasteiger partial charge in [-0.25, -0.2) is 4.98 Å². The van der Waals surface area contributed by atoms with Crippen molar-refractivity contribution in [3.05, 3.63) is 17.7 Å². The molecular formula is C14H22F3N3O2. The number of halogens is 3. The lowest BCUT2D eigenvalue weighted by Gasteiger charge is -2.20. The number of hydrogen-bond acceptors (Lipinski definition) is 4. The minimum Gasteiger partial charge on any atom is -0.462 e. The summed E-state index contributed by atoms with van der Waals surface area (Å²) in [5.74, 6) is 0.589. The molecule has 1 saturated heterocycles. The summed E-state index contributed by atoms with van der Waals surface area (Å²) in [6.07, 6.45) is -1.73. The second-order valence-electron chi connectivity index (χ2n) is 6.02. The van der Waals surface area contributed by atoms with Crippen LogP contribution in [0.3, 0.4) is 0 Å². The van der Waals surface area contributed by atoms with E-state index in [0.29, 0.717) is 12.3 Å². The number of alkyl halides is 3. The molecule has 126 valence electrons. The smallest absolute Gasteiger partial charge is 0.434 e. The molecular weight excluding hydrogens is 299 g/mol. The van der Waals surface area contributed by atoms with E-state index in [1.54, 1.807) is 0 Å². The first-order valence-corrected chi connectivity index (χ1v) is 7.08. The first-order valence-electron chi connectivity index (χ1n) is 7.08. The zero-order chi connectivity index (χ0) is 16.8. The predicted octanol–water partition coefficient (Wildman–Crippen LogP) is 2.85. The molecule has 0 radical (unpaired) electrons. The highest BCUT2D eigenvalue weighted by Crippen LogP contribution is 2.30. The highest BCUT2D eigenvalue weighted by molar-refractivity contribution is 5.37. The van der Waals surface area contributed by atoms with E-state index in [4.69, 9.17) is 0 Å². The fourth-order valence-corrected chi connectivity index (χ4v) is 1.93. The average Bonchev–Trinajstić information content (AvgIpc) is 2.88. The summed E-state index contributed by atoms with van der Waals surface area (Å²) in [7, 11) is 0. The number of carbonyl (C=O) groups excluding carboxylic acids is 1. The van der Waals surface area contributed by atoms with Gasteiger partial charge in [-0.1, -0.05) is 0 Å². The van der Waals surface area contributed by atoms with Crippen molar-refractivity contribution in [2.24, 2.45) is 0 Å². The van der Waals surface area contributed by atoms with Crippen LogP contribution in [0.2, 0.25) is 0 Å². The number of hydrogen-bond donors (Lipinski definition) is 2. The Morgan fingerprint density at radius 1 is 1.27 bits per heavy atom. The summed E-state index contributed by atoms with van der Waals surface area (Å²) >= 11 is 0. The van der Waals surface area contributed by atoms with Crippen molar-refractivity contribution in [2.45, 2.75) is 51.3 Å². The van der Waals surface area contributed by atoms with Gasteiger partial charge in [-0.05, 0) is 46.7 Å². The molecule has 0 amide bonds. The van der Waals surface area contributed by atoms with Crippen LogP contribution in [0.1, 0.15) is 51.0 Å². The van der Waals surface area contributed by atoms with Gasteiger partial charge in [0.2, 0.25) is 0 Å². The van der Waals surface area contributed by atoms with Crippen molar-refractivity contribution < 1.29 is 22.7 Å². The molecule has 2 rings (SSSR count). The molecule has 1 fully saturated rings. The van der Waals surface area contributed by atoms with Crippen molar-refractivity contribution in [3.8, 4) is 0 Å². The molecule has 2 N–H and O–H groups in total. The molecule has 5 nitrogen and oxygen atoms in total. The summed E-state index contributed by atoms with van der Waals surface area (Å²) in [6.45, 7) is 7.60. The number of imidazole rings is 1. The van der Waals surface area contributed by atoms with Gasteiger partial charge in [0.25, 0.3) is 6.47 Å². The molecule has 0 unspecified atom stereocenters. The first kappa shape index (κ1) is 18.5. The van der Waals surface area contributed by atoms with Gasteiger partial charge in [0.15, 0.2) is 5.69 Å². The van der Waals surface area contributed by atoms with Crippen LogP contribution in [0.4, 0.5) is 13.2 Å². The zero-order valence-corrected chi connectivity index (χ0v) is 13.0. The lowest BCUT2D eigenvalue weighted by Crippen LogP contribution is -2.27. The Kier molecular flexibility index (Phi) is 6.40. The summed E-state index contributed by atoms with van der Waals surface area (Å²) < 4.78 is 41.4. The molecule has 1 aromatic rings. The number of nitrogens with one attached hydrogen (secondary N) is 2. The quantitative estimate of drug-likeness (QED) is 0.822. The molecule has 1 aromatic heterocycles. The molecule has 1 aliphatic rings. The van der Waals surface area contributed by atoms with Crippen LogP contribution in [0, 0.1) is 0 Å². The van der Waals surface area contributed by atoms with E-state index in [1.165, 1.54) is 0 Å². The zero-order valence-electron chi connectivity index (χ0n) is 13.0. The van der Waals surface area contributed by atoms with Gasteiger partial charge < -0.3 is 15.0 Å². The Morgan fingerprint density at radius 3 is 2.23 bits per heavy atom. The van der Waals surface area contributed by atoms with Gasteiger partial charge in [0.05, 0.1) is 0 Å². The molecule has 0 aliphatic carbocycles. The fourth-order valence-electron chi connectivity index (χ4n) is 1.93. The highest BCUT2D eigenvalue weighted by Gasteiger charge is 2.34. The third-order valence-electron chi connectivity index (χ3n) is 3.02. The number of aromatic amines is 1. The fraction of sp³-hybridized carbons (Fsp3) is 0.714. The average molecular weight is 321 g/mol. The van der Waals surface area contributed by atoms with Crippen LogP contribution >= 0.6 is 0 Å². The maximum Gasteiger partial charge on any atom is 0.434 e. The maximum atomic E-state index is 12.3. The molecule has 2 heterocycles. The van der Waals surface area contributed by atoms with E-state index < -0.39 is 11.9 Å². The van der Waals surface area contributed by atoms with E-state index in [0.717, 1.165) is 32.1 Å². The summed E-state index contributed by atoms with van der Waals surface area (Å²) in [5, 5.41) is 3.16. The Labute approximate surface area is 127 Å². The first-order chi connectivity index (χ1) is 10.1. The van der Waals surface area contributed by atoms with Crippen LogP contribution in [-0.4, -0.2) is 35.1 Å². The van der Waals surface area contributed by atoms with Crippen LogP contribution in [-0.2, 0) is 15.7 Å². The monoisotopic (exact) mass is 321 g/mol. The van der Waals surface area contributed by atoms with E-state index >= 15 is 0 Å². The normalized spacial score (nSPS) is 16.6. The van der Waals surface area contributed by atoms with Crippen LogP contribution < -0.4 is 5.32 Å². The Morgan fingerprint density at radius 2 is 1.86 bits per heavy atom. The largest absolute Gasteiger partial charge is 0.462 e. The van der Waals surface area contributed by atoms with Crippen molar-refractivity contribution in [1.82, 2.24) is 15.3 Å². The molecule has 0 atom stereocenters. The number of H-pyrrole nitrogens is 1. The second-order valence-corrected chi connectivity index (χ2v) is 6.02. The predicted molar refractivity (Wildman–Crippen MR) is 75.3 cm³/mol. The molecule has 1 aliphatic heterocycles. The minimum atomic E-state index is -4.35. The topological polar surface area (TPSA) is 67.0 Å². The molecule has 8 heteroatoms. The number of rotatable bonds is 2. The Hall–Kier alpha value is -1.57. The van der Waals surface area contributed by atoms with Crippen LogP contribution in [0.15, 0.2) is 6.20 Å². The Balaban J connectivity index is 0.000000295. The van der Waals surface area contributed by atoms with Crippen LogP contribution in [0.5, 0.6) is 0 Å². The highest BCUT2D eigenvalue weighted by atomic mass is 19.4. The lowest BCUT2D eigenvalue weighted by molar-refractivity contribution is -0.141. The molecule has 0 aromatic carbocycles. The second kappa shape index (κ2) is 7.62. The number of piperidine rings is 1. The SMILES string of the molecule is CC(C)(C)OC=O.FC(F)(F)c1c[nH]c(C2CCNCC2)n1. The number of aromatic nitrogens is 2. The third kappa shape index (κ3) is 6.46. The standard InChI is InChI=1S/C9H12F3N3.C5H10O2/c10-9(11,12)7-5-14-8(15-7)6-1-3-13-4-2-6;1-5(2,3)7-4-6/h5-6,13H,1-4H2,(H,14,15);4H,1-3H3. The van der Waals surface area contributed by atoms with E-state index in [2.05, 4.69) is 20.0 Å². The molecule has 22 heavy (non-hydrogen) atoms. The number of nitrogens with zero attached hydrogens (tertiary/aromatic N) is 1. The van der Waals surface area contributed by atoms with Crippen molar-refractivity contribution >= 4 is 6.47 Å². The van der Waals surface area contributed by atoms with Gasteiger partial charge in [-0.2, -0.15) is 13.2 Å². The lowest BCUT2D eigenvalue weighted by atomic mass is 9.98. The van der Waals surface area contributed by atoms with E-state index in [-0.39, 0.29) is 11.5 Å². The van der Waals surface area contributed by atoms with Gasteiger partial charge in [-0.3, -0.25) is 4.79 Å². The summed E-state index contributed by atoms with van der Waals surface area (Å²) in [5.41, 5.74) is -1.14. The van der Waals surface area contributed by atoms with Gasteiger partial charge in [0.1, 0.15) is 11.4 Å². The van der Waals surface area contributed by atoms with Crippen molar-refractivity contribution in [2.75, 3.05) is 13.1 Å². The molecule has 0 spiro atoms. The molecule has 0 saturated carbocycles. The van der Waals surface area contributed by atoms with Gasteiger partial charge in [0, 0.05) is 12.1 Å². The molecule has 0 bridgehead atoms. The number of ether oxygens (including phenoxy) is 1. The van der Waals surface area contributed by atoms with E-state index in [9.17, 15) is 18.0 Å². The maximum absolute atomic E-state index is 12.3. The summed E-state index contributed by atoms with van der Waals surface area (Å²) in [6, 6.07) is 0. The minimum absolute atomic E-state index is 0.127. The Bertz CT molecular complexity index is 461. The van der Waals surface area contributed by atoms with Gasteiger partial charge >= 0.3 is 6.18 Å². The van der Waals surface area contributed by atoms with E-state index in [1.807, 2.05) is 20.8 Å². The van der Waals surface area contributed by atoms with Crippen LogP contribution in [0.25, 0.3) is 0 Å². The van der Waals surface area contributed by atoms with Gasteiger partial charge in [-0.15, -0.1) is 0 Å².